The summed E-state index contributed by atoms with van der Waals surface area (Å²) in [4.78, 5) is 42.2. The average Bonchev–Trinajstić information content (AvgIpc) is 3.49. The van der Waals surface area contributed by atoms with Gasteiger partial charge < -0.3 is 15.1 Å². The maximum Gasteiger partial charge on any atom is 0.265 e. The van der Waals surface area contributed by atoms with Crippen LogP contribution >= 0.6 is 22.9 Å². The molecule has 2 aliphatic rings. The number of halogens is 1. The van der Waals surface area contributed by atoms with Crippen LogP contribution in [0.5, 0.6) is 0 Å². The van der Waals surface area contributed by atoms with Gasteiger partial charge in [-0.1, -0.05) is 17.7 Å². The molecule has 0 saturated carbocycles. The third kappa shape index (κ3) is 4.52. The molecule has 158 valence electrons. The number of thiophene rings is 1. The van der Waals surface area contributed by atoms with Gasteiger partial charge in [0.25, 0.3) is 11.8 Å². The fourth-order valence-electron chi connectivity index (χ4n) is 4.05. The molecule has 1 aromatic carbocycles. The zero-order chi connectivity index (χ0) is 21.1. The Hall–Kier alpha value is -2.38. The minimum Gasteiger partial charge on any atom is -0.342 e. The van der Waals surface area contributed by atoms with Gasteiger partial charge in [0.1, 0.15) is 0 Å². The number of nitrogens with zero attached hydrogens (tertiary/aromatic N) is 2. The summed E-state index contributed by atoms with van der Waals surface area (Å²) in [7, 11) is 0. The first-order chi connectivity index (χ1) is 14.5. The fourth-order valence-corrected chi connectivity index (χ4v) is 4.84. The molecule has 1 N–H and O–H groups in total. The van der Waals surface area contributed by atoms with E-state index < -0.39 is 0 Å². The first-order valence-corrected chi connectivity index (χ1v) is 11.5. The van der Waals surface area contributed by atoms with Crippen molar-refractivity contribution < 1.29 is 14.4 Å². The number of carbonyl (C=O) groups is 3. The summed E-state index contributed by atoms with van der Waals surface area (Å²) in [5, 5.41) is 4.99. The normalized spacial score (nSPS) is 17.2. The van der Waals surface area contributed by atoms with Crippen molar-refractivity contribution in [2.24, 2.45) is 5.92 Å². The van der Waals surface area contributed by atoms with Gasteiger partial charge in [0.15, 0.2) is 0 Å². The highest BCUT2D eigenvalue weighted by Crippen LogP contribution is 2.27. The predicted molar refractivity (Wildman–Crippen MR) is 118 cm³/mol. The molecule has 0 radical (unpaired) electrons. The van der Waals surface area contributed by atoms with E-state index in [1.165, 1.54) is 11.3 Å². The van der Waals surface area contributed by atoms with Crippen LogP contribution in [0.25, 0.3) is 0 Å². The Bertz CT molecular complexity index is 933. The SMILES string of the molecule is O=C(Nc1cc(C(=O)N2CCC(C(=O)N3CCCC3)CC2)ccc1Cl)c1cccs1. The van der Waals surface area contributed by atoms with Crippen LogP contribution in [0.4, 0.5) is 5.69 Å². The molecule has 0 spiro atoms. The number of rotatable bonds is 4. The van der Waals surface area contributed by atoms with Gasteiger partial charge >= 0.3 is 0 Å². The van der Waals surface area contributed by atoms with Crippen molar-refractivity contribution >= 4 is 46.3 Å². The summed E-state index contributed by atoms with van der Waals surface area (Å²) in [6, 6.07) is 8.46. The van der Waals surface area contributed by atoms with Crippen molar-refractivity contribution in [3.63, 3.8) is 0 Å². The van der Waals surface area contributed by atoms with Crippen LogP contribution < -0.4 is 5.32 Å². The summed E-state index contributed by atoms with van der Waals surface area (Å²) in [6.45, 7) is 2.84. The first-order valence-electron chi connectivity index (χ1n) is 10.3. The summed E-state index contributed by atoms with van der Waals surface area (Å²) < 4.78 is 0. The van der Waals surface area contributed by atoms with Gasteiger partial charge in [-0.15, -0.1) is 11.3 Å². The van der Waals surface area contributed by atoms with Gasteiger partial charge in [0.05, 0.1) is 15.6 Å². The lowest BCUT2D eigenvalue weighted by Gasteiger charge is -2.33. The third-order valence-electron chi connectivity index (χ3n) is 5.76. The molecule has 2 saturated heterocycles. The summed E-state index contributed by atoms with van der Waals surface area (Å²) in [5.74, 6) is -0.106. The van der Waals surface area contributed by atoms with E-state index >= 15 is 0 Å². The average molecular weight is 446 g/mol. The Morgan fingerprint density at radius 2 is 1.73 bits per heavy atom. The number of anilines is 1. The standard InChI is InChI=1S/C22H24ClN3O3S/c23-17-6-5-16(14-18(17)24-20(27)19-4-3-13-30-19)22(29)26-11-7-15(8-12-26)21(28)25-9-1-2-10-25/h3-6,13-15H,1-2,7-12H2,(H,24,27). The maximum absolute atomic E-state index is 13.0. The third-order valence-corrected chi connectivity index (χ3v) is 6.95. The molecule has 4 rings (SSSR count). The number of piperidine rings is 1. The van der Waals surface area contributed by atoms with Crippen LogP contribution in [0.3, 0.4) is 0 Å². The Morgan fingerprint density at radius 3 is 2.40 bits per heavy atom. The number of hydrogen-bond acceptors (Lipinski definition) is 4. The molecule has 2 aliphatic heterocycles. The van der Waals surface area contributed by atoms with Crippen molar-refractivity contribution in [2.45, 2.75) is 25.7 Å². The van der Waals surface area contributed by atoms with Crippen LogP contribution in [0.15, 0.2) is 35.7 Å². The molecule has 0 bridgehead atoms. The lowest BCUT2D eigenvalue weighted by molar-refractivity contribution is -0.135. The molecule has 6 nitrogen and oxygen atoms in total. The summed E-state index contributed by atoms with van der Waals surface area (Å²) >= 11 is 7.57. The van der Waals surface area contributed by atoms with E-state index in [1.807, 2.05) is 10.3 Å². The Balaban J connectivity index is 1.39. The molecule has 30 heavy (non-hydrogen) atoms. The highest BCUT2D eigenvalue weighted by atomic mass is 35.5. The number of amides is 3. The molecule has 0 unspecified atom stereocenters. The molecular weight excluding hydrogens is 422 g/mol. The predicted octanol–water partition coefficient (Wildman–Crippen LogP) is 4.13. The highest BCUT2D eigenvalue weighted by molar-refractivity contribution is 7.12. The topological polar surface area (TPSA) is 69.7 Å². The molecule has 2 aromatic rings. The molecule has 3 heterocycles. The molecule has 3 amide bonds. The van der Waals surface area contributed by atoms with E-state index in [0.29, 0.717) is 47.1 Å². The van der Waals surface area contributed by atoms with E-state index in [1.54, 1.807) is 35.2 Å². The zero-order valence-corrected chi connectivity index (χ0v) is 18.2. The Labute approximate surface area is 184 Å². The van der Waals surface area contributed by atoms with Crippen molar-refractivity contribution in [3.05, 3.63) is 51.2 Å². The molecular formula is C22H24ClN3O3S. The van der Waals surface area contributed by atoms with Gasteiger partial charge in [-0.2, -0.15) is 0 Å². The molecule has 1 aromatic heterocycles. The van der Waals surface area contributed by atoms with Crippen molar-refractivity contribution in [2.75, 3.05) is 31.5 Å². The molecule has 8 heteroatoms. The summed E-state index contributed by atoms with van der Waals surface area (Å²) in [5.41, 5.74) is 0.894. The fraction of sp³-hybridized carbons (Fsp3) is 0.409. The summed E-state index contributed by atoms with van der Waals surface area (Å²) in [6.07, 6.45) is 3.56. The van der Waals surface area contributed by atoms with Crippen LogP contribution in [0.2, 0.25) is 5.02 Å². The van der Waals surface area contributed by atoms with E-state index in [-0.39, 0.29) is 23.6 Å². The van der Waals surface area contributed by atoms with Crippen LogP contribution in [-0.2, 0) is 4.79 Å². The van der Waals surface area contributed by atoms with Gasteiger partial charge in [-0.3, -0.25) is 14.4 Å². The monoisotopic (exact) mass is 445 g/mol. The van der Waals surface area contributed by atoms with E-state index in [9.17, 15) is 14.4 Å². The lowest BCUT2D eigenvalue weighted by atomic mass is 9.95. The zero-order valence-electron chi connectivity index (χ0n) is 16.6. The minimum absolute atomic E-state index is 0.0120. The quantitative estimate of drug-likeness (QED) is 0.769. The number of hydrogen-bond donors (Lipinski definition) is 1. The van der Waals surface area contributed by atoms with Gasteiger partial charge in [0, 0.05) is 37.7 Å². The molecule has 0 aliphatic carbocycles. The molecule has 2 fully saturated rings. The first kappa shape index (κ1) is 20.9. The van der Waals surface area contributed by atoms with Crippen LogP contribution in [0, 0.1) is 5.92 Å². The maximum atomic E-state index is 13.0. The van der Waals surface area contributed by atoms with Gasteiger partial charge in [0.2, 0.25) is 5.91 Å². The van der Waals surface area contributed by atoms with Crippen LogP contribution in [-0.4, -0.2) is 53.7 Å². The van der Waals surface area contributed by atoms with Crippen molar-refractivity contribution in [1.29, 1.82) is 0 Å². The Kier molecular flexibility index (Phi) is 6.39. The number of nitrogens with one attached hydrogen (secondary N) is 1. The number of benzene rings is 1. The van der Waals surface area contributed by atoms with Gasteiger partial charge in [-0.25, -0.2) is 0 Å². The van der Waals surface area contributed by atoms with E-state index in [4.69, 9.17) is 11.6 Å². The second-order valence-corrected chi connectivity index (χ2v) is 9.08. The molecule has 0 atom stereocenters. The van der Waals surface area contributed by atoms with Crippen LogP contribution in [0.1, 0.15) is 45.7 Å². The second kappa shape index (κ2) is 9.18. The van der Waals surface area contributed by atoms with Crippen molar-refractivity contribution in [3.8, 4) is 0 Å². The minimum atomic E-state index is -0.252. The van der Waals surface area contributed by atoms with Crippen molar-refractivity contribution in [1.82, 2.24) is 9.80 Å². The van der Waals surface area contributed by atoms with E-state index in [0.717, 1.165) is 25.9 Å². The van der Waals surface area contributed by atoms with E-state index in [2.05, 4.69) is 5.32 Å². The smallest absolute Gasteiger partial charge is 0.265 e. The highest BCUT2D eigenvalue weighted by Gasteiger charge is 2.31. The number of likely N-dealkylation sites (tertiary alicyclic amines) is 2. The Morgan fingerprint density at radius 1 is 1.00 bits per heavy atom. The largest absolute Gasteiger partial charge is 0.342 e. The van der Waals surface area contributed by atoms with Gasteiger partial charge in [-0.05, 0) is 55.3 Å². The lowest BCUT2D eigenvalue weighted by Crippen LogP contribution is -2.43. The number of carbonyl (C=O) groups excluding carboxylic acids is 3. The second-order valence-electron chi connectivity index (χ2n) is 7.72.